The molecule has 0 radical (unpaired) electrons. The maximum atomic E-state index is 13.6. The summed E-state index contributed by atoms with van der Waals surface area (Å²) >= 11 is 6.03. The number of methoxy groups -OCH3 is 1. The molecule has 0 saturated carbocycles. The molecule has 0 heterocycles. The highest BCUT2D eigenvalue weighted by atomic mass is 35.5. The van der Waals surface area contributed by atoms with Gasteiger partial charge >= 0.3 is 0 Å². The molecular formula is C24H32ClN3O5S. The molecule has 1 atom stereocenters. The van der Waals surface area contributed by atoms with Gasteiger partial charge in [-0.2, -0.15) is 0 Å². The summed E-state index contributed by atoms with van der Waals surface area (Å²) in [6.45, 7) is 5.40. The molecule has 10 heteroatoms. The Morgan fingerprint density at radius 1 is 1.15 bits per heavy atom. The first kappa shape index (κ1) is 27.5. The van der Waals surface area contributed by atoms with Crippen LogP contribution in [0.1, 0.15) is 31.4 Å². The van der Waals surface area contributed by atoms with Crippen molar-refractivity contribution in [1.82, 2.24) is 10.2 Å². The maximum absolute atomic E-state index is 13.6. The first-order valence-electron chi connectivity index (χ1n) is 11.0. The van der Waals surface area contributed by atoms with Crippen LogP contribution in [0, 0.1) is 6.92 Å². The van der Waals surface area contributed by atoms with Gasteiger partial charge in [0.25, 0.3) is 0 Å². The summed E-state index contributed by atoms with van der Waals surface area (Å²) in [6.07, 6.45) is 1.40. The highest BCUT2D eigenvalue weighted by Gasteiger charge is 2.32. The summed E-state index contributed by atoms with van der Waals surface area (Å²) in [5.41, 5.74) is 1.72. The van der Waals surface area contributed by atoms with Crippen molar-refractivity contribution in [3.05, 3.63) is 58.6 Å². The smallest absolute Gasteiger partial charge is 0.244 e. The number of aryl methyl sites for hydroxylation is 1. The summed E-state index contributed by atoms with van der Waals surface area (Å²) in [5, 5.41) is 3.23. The zero-order valence-corrected chi connectivity index (χ0v) is 21.7. The number of sulfonamides is 1. The van der Waals surface area contributed by atoms with Crippen LogP contribution in [0.4, 0.5) is 5.69 Å². The van der Waals surface area contributed by atoms with E-state index >= 15 is 0 Å². The van der Waals surface area contributed by atoms with Gasteiger partial charge in [0.05, 0.1) is 19.1 Å². The zero-order valence-electron chi connectivity index (χ0n) is 20.2. The van der Waals surface area contributed by atoms with Crippen LogP contribution in [0.2, 0.25) is 5.02 Å². The van der Waals surface area contributed by atoms with Crippen LogP contribution in [0.25, 0.3) is 0 Å². The number of benzene rings is 2. The highest BCUT2D eigenvalue weighted by molar-refractivity contribution is 7.92. The van der Waals surface area contributed by atoms with Crippen molar-refractivity contribution >= 4 is 39.1 Å². The standard InChI is InChI=1S/C24H32ClN3O5S/c1-6-21(24(30)26-7-2)27(15-18-9-8-10-20(14-18)33-4)23(29)16-28(34(5,31)32)22-12-11-19(25)13-17(22)3/h8-14,21H,6-7,15-16H2,1-5H3,(H,26,30)/t21-/m0/s1. The Morgan fingerprint density at radius 3 is 2.41 bits per heavy atom. The van der Waals surface area contributed by atoms with Crippen LogP contribution in [0.15, 0.2) is 42.5 Å². The van der Waals surface area contributed by atoms with Crippen LogP contribution in [-0.2, 0) is 26.2 Å². The van der Waals surface area contributed by atoms with Crippen LogP contribution in [0.5, 0.6) is 5.75 Å². The van der Waals surface area contributed by atoms with E-state index in [1.165, 1.54) is 4.90 Å². The van der Waals surface area contributed by atoms with Gasteiger partial charge in [-0.15, -0.1) is 0 Å². The Bertz CT molecular complexity index is 1120. The molecule has 186 valence electrons. The van der Waals surface area contributed by atoms with Gasteiger partial charge in [0.1, 0.15) is 18.3 Å². The highest BCUT2D eigenvalue weighted by Crippen LogP contribution is 2.26. The van der Waals surface area contributed by atoms with E-state index in [9.17, 15) is 18.0 Å². The number of carbonyl (C=O) groups excluding carboxylic acids is 2. The fourth-order valence-electron chi connectivity index (χ4n) is 3.67. The fraction of sp³-hybridized carbons (Fsp3) is 0.417. The minimum atomic E-state index is -3.81. The number of anilines is 1. The largest absolute Gasteiger partial charge is 0.497 e. The molecule has 0 saturated heterocycles. The Labute approximate surface area is 206 Å². The first-order valence-corrected chi connectivity index (χ1v) is 13.2. The Balaban J connectivity index is 2.47. The number of hydrogen-bond donors (Lipinski definition) is 1. The van der Waals surface area contributed by atoms with Crippen molar-refractivity contribution < 1.29 is 22.7 Å². The van der Waals surface area contributed by atoms with E-state index in [1.54, 1.807) is 57.4 Å². The summed E-state index contributed by atoms with van der Waals surface area (Å²) in [7, 11) is -2.26. The quantitative estimate of drug-likeness (QED) is 0.501. The summed E-state index contributed by atoms with van der Waals surface area (Å²) in [4.78, 5) is 27.8. The molecule has 0 fully saturated rings. The van der Waals surface area contributed by atoms with Gasteiger partial charge in [0.2, 0.25) is 21.8 Å². The number of hydrogen-bond acceptors (Lipinski definition) is 5. The molecule has 0 spiro atoms. The van der Waals surface area contributed by atoms with Gasteiger partial charge in [-0.1, -0.05) is 30.7 Å². The van der Waals surface area contributed by atoms with Gasteiger partial charge in [-0.3, -0.25) is 13.9 Å². The average molecular weight is 510 g/mol. The van der Waals surface area contributed by atoms with Crippen molar-refractivity contribution in [2.24, 2.45) is 0 Å². The van der Waals surface area contributed by atoms with Crippen molar-refractivity contribution in [2.75, 3.05) is 30.8 Å². The Hall–Kier alpha value is -2.78. The summed E-state index contributed by atoms with van der Waals surface area (Å²) in [5.74, 6) is -0.180. The number of halogens is 1. The lowest BCUT2D eigenvalue weighted by atomic mass is 10.1. The topological polar surface area (TPSA) is 96.0 Å². The second-order valence-corrected chi connectivity index (χ2v) is 10.2. The number of rotatable bonds is 11. The van der Waals surface area contributed by atoms with E-state index in [4.69, 9.17) is 16.3 Å². The molecule has 0 aliphatic rings. The van der Waals surface area contributed by atoms with Crippen LogP contribution >= 0.6 is 11.6 Å². The number of amides is 2. The number of ether oxygens (including phenoxy) is 1. The predicted octanol–water partition coefficient (Wildman–Crippen LogP) is 3.37. The van der Waals surface area contributed by atoms with Crippen LogP contribution < -0.4 is 14.4 Å². The molecule has 2 aromatic rings. The molecule has 0 bridgehead atoms. The van der Waals surface area contributed by atoms with E-state index < -0.39 is 28.5 Å². The lowest BCUT2D eigenvalue weighted by Crippen LogP contribution is -2.52. The van der Waals surface area contributed by atoms with Gasteiger partial charge < -0.3 is 15.0 Å². The summed E-state index contributed by atoms with van der Waals surface area (Å²) in [6, 6.07) is 11.2. The minimum Gasteiger partial charge on any atom is -0.497 e. The number of nitrogens with zero attached hydrogens (tertiary/aromatic N) is 2. The van der Waals surface area contributed by atoms with Gasteiger partial charge in [0, 0.05) is 18.1 Å². The Kier molecular flexibility index (Phi) is 9.76. The van der Waals surface area contributed by atoms with Gasteiger partial charge in [0.15, 0.2) is 0 Å². The maximum Gasteiger partial charge on any atom is 0.244 e. The van der Waals surface area contributed by atoms with Crippen molar-refractivity contribution in [2.45, 2.75) is 39.8 Å². The second kappa shape index (κ2) is 12.1. The van der Waals surface area contributed by atoms with Crippen LogP contribution in [0.3, 0.4) is 0 Å². The predicted molar refractivity (Wildman–Crippen MR) is 135 cm³/mol. The molecule has 0 aromatic heterocycles. The van der Waals surface area contributed by atoms with Crippen molar-refractivity contribution in [1.29, 1.82) is 0 Å². The lowest BCUT2D eigenvalue weighted by molar-refractivity contribution is -0.140. The normalized spacial score (nSPS) is 12.1. The Morgan fingerprint density at radius 2 is 1.85 bits per heavy atom. The number of likely N-dealkylation sites (N-methyl/N-ethyl adjacent to an activating group) is 1. The van der Waals surface area contributed by atoms with Gasteiger partial charge in [-0.05, 0) is 61.7 Å². The zero-order chi connectivity index (χ0) is 25.5. The molecule has 0 aliphatic carbocycles. The molecule has 34 heavy (non-hydrogen) atoms. The summed E-state index contributed by atoms with van der Waals surface area (Å²) < 4.78 is 31.7. The van der Waals surface area contributed by atoms with Crippen molar-refractivity contribution in [3.8, 4) is 5.75 Å². The first-order chi connectivity index (χ1) is 16.0. The number of carbonyl (C=O) groups is 2. The minimum absolute atomic E-state index is 0.114. The lowest BCUT2D eigenvalue weighted by Gasteiger charge is -2.33. The third-order valence-electron chi connectivity index (χ3n) is 5.33. The SMILES string of the molecule is CCNC(=O)[C@H](CC)N(Cc1cccc(OC)c1)C(=O)CN(c1ccc(Cl)cc1C)S(C)(=O)=O. The monoisotopic (exact) mass is 509 g/mol. The molecule has 1 N–H and O–H groups in total. The molecule has 0 aliphatic heterocycles. The average Bonchev–Trinajstić information content (AvgIpc) is 2.77. The molecule has 2 aromatic carbocycles. The van der Waals surface area contributed by atoms with E-state index in [0.717, 1.165) is 16.1 Å². The van der Waals surface area contributed by atoms with E-state index in [2.05, 4.69) is 5.32 Å². The van der Waals surface area contributed by atoms with E-state index in [0.29, 0.717) is 35.0 Å². The molecule has 8 nitrogen and oxygen atoms in total. The van der Waals surface area contributed by atoms with E-state index in [1.807, 2.05) is 13.0 Å². The third-order valence-corrected chi connectivity index (χ3v) is 6.69. The second-order valence-electron chi connectivity index (χ2n) is 7.89. The van der Waals surface area contributed by atoms with Crippen molar-refractivity contribution in [3.63, 3.8) is 0 Å². The molecule has 2 rings (SSSR count). The molecule has 2 amide bonds. The van der Waals surface area contributed by atoms with Gasteiger partial charge in [-0.25, -0.2) is 8.42 Å². The fourth-order valence-corrected chi connectivity index (χ4v) is 4.81. The third kappa shape index (κ3) is 7.11. The van der Waals surface area contributed by atoms with E-state index in [-0.39, 0.29) is 12.5 Å². The number of nitrogens with one attached hydrogen (secondary N) is 1. The molecule has 0 unspecified atom stereocenters. The van der Waals surface area contributed by atoms with Crippen LogP contribution in [-0.4, -0.2) is 57.6 Å². The molecular weight excluding hydrogens is 478 g/mol.